The number of likely N-dealkylation sites (N-methyl/N-ethyl adjacent to an activating group) is 1. The van der Waals surface area contributed by atoms with Gasteiger partial charge in [0.05, 0.1) is 58.5 Å². The predicted molar refractivity (Wildman–Crippen MR) is 120 cm³/mol. The zero-order valence-corrected chi connectivity index (χ0v) is 20.0. The maximum atomic E-state index is 5.75. The van der Waals surface area contributed by atoms with Crippen LogP contribution in [0.3, 0.4) is 0 Å². The molecule has 0 radical (unpaired) electrons. The van der Waals surface area contributed by atoms with E-state index in [9.17, 15) is 0 Å². The molecule has 0 saturated carbocycles. The number of hydrogen-bond acceptors (Lipinski definition) is 13. The van der Waals surface area contributed by atoms with Crippen molar-refractivity contribution in [2.75, 3.05) is 80.1 Å². The van der Waals surface area contributed by atoms with Crippen LogP contribution in [0.15, 0.2) is 6.08 Å². The molecule has 1 aliphatic rings. The number of nitrogens with zero attached hydrogens (tertiary/aromatic N) is 5. The molecule has 32 heavy (non-hydrogen) atoms. The Hall–Kier alpha value is -1.90. The topological polar surface area (TPSA) is 110 Å². The van der Waals surface area contributed by atoms with Crippen LogP contribution in [0.5, 0.6) is 17.1 Å². The molecule has 0 unspecified atom stereocenters. The molecule has 0 atom stereocenters. The summed E-state index contributed by atoms with van der Waals surface area (Å²) in [6.45, 7) is 5.61. The van der Waals surface area contributed by atoms with Crippen molar-refractivity contribution in [2.24, 2.45) is 0 Å². The van der Waals surface area contributed by atoms with Crippen molar-refractivity contribution in [2.45, 2.75) is 6.42 Å². The van der Waals surface area contributed by atoms with Crippen LogP contribution >= 0.6 is 23.3 Å². The molecule has 0 bridgehead atoms. The lowest BCUT2D eigenvalue weighted by Crippen LogP contribution is -2.25. The van der Waals surface area contributed by atoms with Crippen LogP contribution in [0.4, 0.5) is 0 Å². The quantitative estimate of drug-likeness (QED) is 0.322. The molecular formula is C19H29N5O6S2. The van der Waals surface area contributed by atoms with Crippen LogP contribution in [0.25, 0.3) is 5.57 Å². The average molecular weight is 488 g/mol. The van der Waals surface area contributed by atoms with E-state index >= 15 is 0 Å². The second kappa shape index (κ2) is 14.3. The van der Waals surface area contributed by atoms with Gasteiger partial charge in [0, 0.05) is 24.6 Å². The third-order valence-corrected chi connectivity index (χ3v) is 5.46. The maximum Gasteiger partial charge on any atom is 0.331 e. The molecule has 3 rings (SSSR count). The summed E-state index contributed by atoms with van der Waals surface area (Å²) in [6, 6.07) is 0.308. The molecule has 0 spiro atoms. The highest BCUT2D eigenvalue weighted by atomic mass is 32.1. The predicted octanol–water partition coefficient (Wildman–Crippen LogP) is 1.62. The SMILES string of the molecule is COc1nsc(OCCOCCOCCOCCOc2nsnc2C2=CCCN(C)C2)n1. The molecule has 0 aliphatic carbocycles. The van der Waals surface area contributed by atoms with Crippen molar-refractivity contribution in [1.29, 1.82) is 0 Å². The summed E-state index contributed by atoms with van der Waals surface area (Å²) in [4.78, 5) is 6.27. The second-order valence-corrected chi connectivity index (χ2v) is 8.00. The molecule has 3 heterocycles. The van der Waals surface area contributed by atoms with Gasteiger partial charge in [0.15, 0.2) is 0 Å². The van der Waals surface area contributed by atoms with Crippen LogP contribution in [0.1, 0.15) is 12.1 Å². The smallest absolute Gasteiger partial charge is 0.331 e. The van der Waals surface area contributed by atoms with E-state index in [2.05, 4.69) is 36.1 Å². The van der Waals surface area contributed by atoms with Crippen LogP contribution in [-0.4, -0.2) is 103 Å². The molecular weight excluding hydrogens is 458 g/mol. The van der Waals surface area contributed by atoms with Gasteiger partial charge < -0.3 is 33.3 Å². The number of hydrogen-bond donors (Lipinski definition) is 0. The zero-order valence-electron chi connectivity index (χ0n) is 18.4. The van der Waals surface area contributed by atoms with Crippen molar-refractivity contribution in [3.63, 3.8) is 0 Å². The highest BCUT2D eigenvalue weighted by Crippen LogP contribution is 2.26. The molecule has 2 aromatic heterocycles. The van der Waals surface area contributed by atoms with Crippen LogP contribution in [-0.2, 0) is 14.2 Å². The largest absolute Gasteiger partial charge is 0.473 e. The van der Waals surface area contributed by atoms with Crippen LogP contribution in [0, 0.1) is 0 Å². The van der Waals surface area contributed by atoms with Crippen molar-refractivity contribution >= 4 is 28.8 Å². The van der Waals surface area contributed by atoms with Gasteiger partial charge in [0.2, 0.25) is 0 Å². The van der Waals surface area contributed by atoms with Crippen molar-refractivity contribution in [1.82, 2.24) is 23.0 Å². The molecule has 13 heteroatoms. The third kappa shape index (κ3) is 8.56. The normalized spacial score (nSPS) is 14.4. The first-order chi connectivity index (χ1) is 15.8. The minimum absolute atomic E-state index is 0.308. The van der Waals surface area contributed by atoms with Gasteiger partial charge in [-0.25, -0.2) is 0 Å². The summed E-state index contributed by atoms with van der Waals surface area (Å²) in [7, 11) is 3.61. The van der Waals surface area contributed by atoms with E-state index in [1.807, 2.05) is 0 Å². The lowest BCUT2D eigenvalue weighted by Gasteiger charge is -2.22. The average Bonchev–Trinajstić information content (AvgIpc) is 3.46. The van der Waals surface area contributed by atoms with Crippen molar-refractivity contribution < 1.29 is 28.4 Å². The van der Waals surface area contributed by atoms with E-state index in [4.69, 9.17) is 28.4 Å². The Morgan fingerprint density at radius 2 is 1.59 bits per heavy atom. The second-order valence-electron chi connectivity index (χ2n) is 6.75. The fourth-order valence-corrected chi connectivity index (χ4v) is 3.86. The highest BCUT2D eigenvalue weighted by Gasteiger charge is 2.18. The summed E-state index contributed by atoms with van der Waals surface area (Å²) < 4.78 is 45.1. The Bertz CT molecular complexity index is 818. The van der Waals surface area contributed by atoms with E-state index in [1.165, 1.54) is 24.4 Å². The lowest BCUT2D eigenvalue weighted by molar-refractivity contribution is 0.00479. The first-order valence-electron chi connectivity index (χ1n) is 10.3. The monoisotopic (exact) mass is 487 g/mol. The number of rotatable bonds is 16. The van der Waals surface area contributed by atoms with Gasteiger partial charge in [-0.2, -0.15) is 4.37 Å². The summed E-state index contributed by atoms with van der Waals surface area (Å²) in [5.41, 5.74) is 2.02. The molecule has 0 N–H and O–H groups in total. The Kier molecular flexibility index (Phi) is 11.0. The molecule has 0 aromatic carbocycles. The Labute approximate surface area is 195 Å². The van der Waals surface area contributed by atoms with E-state index in [-0.39, 0.29) is 0 Å². The van der Waals surface area contributed by atoms with E-state index < -0.39 is 0 Å². The van der Waals surface area contributed by atoms with E-state index in [1.54, 1.807) is 0 Å². The van der Waals surface area contributed by atoms with Gasteiger partial charge in [-0.05, 0) is 19.0 Å². The molecule has 0 fully saturated rings. The Morgan fingerprint density at radius 3 is 2.25 bits per heavy atom. The van der Waals surface area contributed by atoms with E-state index in [0.29, 0.717) is 69.9 Å². The summed E-state index contributed by atoms with van der Waals surface area (Å²) in [6.07, 6.45) is 3.23. The molecule has 1 aliphatic heterocycles. The Balaban J connectivity index is 1.13. The van der Waals surface area contributed by atoms with Gasteiger partial charge in [-0.1, -0.05) is 6.08 Å². The molecule has 2 aromatic rings. The first-order valence-corrected chi connectivity index (χ1v) is 11.8. The van der Waals surface area contributed by atoms with Gasteiger partial charge in [0.1, 0.15) is 18.9 Å². The van der Waals surface area contributed by atoms with Gasteiger partial charge in [0.25, 0.3) is 11.1 Å². The van der Waals surface area contributed by atoms with Gasteiger partial charge in [-0.3, -0.25) is 0 Å². The van der Waals surface area contributed by atoms with Gasteiger partial charge in [-0.15, -0.1) is 13.7 Å². The molecule has 11 nitrogen and oxygen atoms in total. The van der Waals surface area contributed by atoms with Crippen molar-refractivity contribution in [3.8, 4) is 17.1 Å². The number of ether oxygens (including phenoxy) is 6. The molecule has 0 saturated heterocycles. The number of methoxy groups -OCH3 is 1. The van der Waals surface area contributed by atoms with Crippen LogP contribution < -0.4 is 14.2 Å². The third-order valence-electron chi connectivity index (χ3n) is 4.34. The summed E-state index contributed by atoms with van der Waals surface area (Å²) >= 11 is 2.31. The minimum Gasteiger partial charge on any atom is -0.473 e. The summed E-state index contributed by atoms with van der Waals surface area (Å²) in [5, 5.41) is 0.462. The summed E-state index contributed by atoms with van der Waals surface area (Å²) in [5.74, 6) is 0.586. The molecule has 0 amide bonds. The highest BCUT2D eigenvalue weighted by molar-refractivity contribution is 7.07. The maximum absolute atomic E-state index is 5.75. The van der Waals surface area contributed by atoms with Crippen LogP contribution in [0.2, 0.25) is 0 Å². The fraction of sp³-hybridized carbons (Fsp3) is 0.684. The first kappa shape index (κ1) is 24.7. The number of aromatic nitrogens is 4. The standard InChI is InChI=1S/C19H29N5O6S2/c1-24-5-3-4-15(14-24)16-17(22-32-21-16)29-12-10-27-8-6-26-7-9-28-11-13-30-19-20-18(25-2)23-31-19/h4H,3,5-14H2,1-2H3. The lowest BCUT2D eigenvalue weighted by atomic mass is 10.1. The van der Waals surface area contributed by atoms with Crippen molar-refractivity contribution in [3.05, 3.63) is 11.8 Å². The zero-order chi connectivity index (χ0) is 22.4. The minimum atomic E-state index is 0.308. The molecule has 178 valence electrons. The fourth-order valence-electron chi connectivity index (χ4n) is 2.80. The van der Waals surface area contributed by atoms with E-state index in [0.717, 1.165) is 36.7 Å². The Morgan fingerprint density at radius 1 is 0.906 bits per heavy atom. The van der Waals surface area contributed by atoms with Gasteiger partial charge >= 0.3 is 6.01 Å².